The molecule has 258 valence electrons. The van der Waals surface area contributed by atoms with Gasteiger partial charge < -0.3 is 20.1 Å². The number of aromatic nitrogens is 3. The molecule has 2 aliphatic carbocycles. The summed E-state index contributed by atoms with van der Waals surface area (Å²) in [6.45, 7) is 3.38. The third-order valence-electron chi connectivity index (χ3n) is 7.58. The Morgan fingerprint density at radius 2 is 1.54 bits per heavy atom. The summed E-state index contributed by atoms with van der Waals surface area (Å²) in [6.07, 6.45) is -3.49. The molecule has 13 nitrogen and oxygen atoms in total. The van der Waals surface area contributed by atoms with Crippen molar-refractivity contribution < 1.29 is 40.7 Å². The van der Waals surface area contributed by atoms with Crippen LogP contribution in [-0.2, 0) is 25.1 Å². The quantitative estimate of drug-likeness (QED) is 0.230. The number of nitrogens with zero attached hydrogens (tertiary/aromatic N) is 4. The Hall–Kier alpha value is -4.38. The van der Waals surface area contributed by atoms with E-state index in [9.17, 15) is 31.2 Å². The lowest BCUT2D eigenvalue weighted by Gasteiger charge is -2.30. The molecule has 0 aliphatic heterocycles. The first-order chi connectivity index (χ1) is 22.3. The van der Waals surface area contributed by atoms with Crippen molar-refractivity contribution in [2.75, 3.05) is 24.3 Å². The zero-order valence-corrected chi connectivity index (χ0v) is 27.9. The number of rotatable bonds is 11. The van der Waals surface area contributed by atoms with E-state index in [1.54, 1.807) is 32.9 Å². The van der Waals surface area contributed by atoms with Crippen molar-refractivity contribution in [2.45, 2.75) is 74.2 Å². The molecule has 0 radical (unpaired) electrons. The number of hydrogen-bond acceptors (Lipinski definition) is 11. The zero-order valence-electron chi connectivity index (χ0n) is 26.3. The highest BCUT2D eigenvalue weighted by Crippen LogP contribution is 2.48. The molecule has 0 saturated heterocycles. The molecule has 2 aromatic carbocycles. The topological polar surface area (TPSA) is 165 Å². The summed E-state index contributed by atoms with van der Waals surface area (Å²) in [7, 11) is -2.98. The van der Waals surface area contributed by atoms with E-state index in [4.69, 9.17) is 21.1 Å². The summed E-state index contributed by atoms with van der Waals surface area (Å²) < 4.78 is 77.0. The van der Waals surface area contributed by atoms with Crippen molar-refractivity contribution in [2.24, 2.45) is 0 Å². The average molecular weight is 712 g/mol. The second kappa shape index (κ2) is 12.6. The number of halogens is 4. The molecule has 3 N–H and O–H groups in total. The zero-order chi connectivity index (χ0) is 35.1. The molecule has 2 amide bonds. The van der Waals surface area contributed by atoms with Crippen LogP contribution in [0, 0.1) is 0 Å². The summed E-state index contributed by atoms with van der Waals surface area (Å²) >= 11 is 6.01. The van der Waals surface area contributed by atoms with Crippen LogP contribution in [0.4, 0.5) is 35.5 Å². The van der Waals surface area contributed by atoms with Gasteiger partial charge in [0, 0.05) is 17.8 Å². The second-order valence-electron chi connectivity index (χ2n) is 12.5. The standard InChI is InChI=1S/C30H33ClF3N7O6S/c1-27(2,3)47-26(43)41(4)29(15-16-29)22(42)40-48(44,45)21-11-9-20(10-12-21)35-23-36-24(38-25(37-23)46-17-30(32,33)34)39-28(13-14-28)18-5-7-19(31)8-6-18/h5-12H,13-17H2,1-4H3,(H,40,42)(H2,35,36,37,38,39). The maximum absolute atomic E-state index is 13.1. The Kier molecular flexibility index (Phi) is 9.15. The SMILES string of the molecule is CN(C(=O)OC(C)(C)C)C1(C(=O)NS(=O)(=O)c2ccc(Nc3nc(NC4(c5ccc(Cl)cc5)CC4)nc(OCC(F)(F)F)n3)cc2)CC1. The summed E-state index contributed by atoms with van der Waals surface area (Å²) in [5.74, 6) is -1.10. The number of hydrogen-bond donors (Lipinski definition) is 3. The number of carbonyl (C=O) groups is 2. The van der Waals surface area contributed by atoms with Gasteiger partial charge in [0.05, 0.1) is 10.4 Å². The van der Waals surface area contributed by atoms with Crippen LogP contribution in [0.1, 0.15) is 52.0 Å². The smallest absolute Gasteiger partial charge is 0.422 e. The van der Waals surface area contributed by atoms with Crippen molar-refractivity contribution in [1.82, 2.24) is 24.6 Å². The van der Waals surface area contributed by atoms with Crippen molar-refractivity contribution in [1.29, 1.82) is 0 Å². The Morgan fingerprint density at radius 1 is 0.938 bits per heavy atom. The van der Waals surface area contributed by atoms with Gasteiger partial charge in [-0.3, -0.25) is 9.69 Å². The molecule has 2 saturated carbocycles. The van der Waals surface area contributed by atoms with Crippen LogP contribution in [0.2, 0.25) is 5.02 Å². The van der Waals surface area contributed by atoms with Gasteiger partial charge in [-0.1, -0.05) is 23.7 Å². The third kappa shape index (κ3) is 8.36. The van der Waals surface area contributed by atoms with Gasteiger partial charge in [0.15, 0.2) is 6.61 Å². The van der Waals surface area contributed by atoms with E-state index in [0.29, 0.717) is 17.9 Å². The van der Waals surface area contributed by atoms with Gasteiger partial charge in [-0.15, -0.1) is 0 Å². The molecular formula is C30H33ClF3N7O6S. The largest absolute Gasteiger partial charge is 0.454 e. The fourth-order valence-electron chi connectivity index (χ4n) is 4.73. The molecule has 3 aromatic rings. The molecule has 48 heavy (non-hydrogen) atoms. The number of alkyl halides is 3. The second-order valence-corrected chi connectivity index (χ2v) is 14.7. The maximum atomic E-state index is 13.1. The van der Waals surface area contributed by atoms with Crippen molar-refractivity contribution in [3.05, 3.63) is 59.1 Å². The molecule has 1 heterocycles. The molecule has 2 fully saturated rings. The van der Waals surface area contributed by atoms with Gasteiger partial charge in [-0.2, -0.15) is 28.1 Å². The lowest BCUT2D eigenvalue weighted by atomic mass is 10.1. The first-order valence-corrected chi connectivity index (χ1v) is 16.6. The summed E-state index contributed by atoms with van der Waals surface area (Å²) in [6, 6.07) is 11.6. The Bertz CT molecular complexity index is 1800. The van der Waals surface area contributed by atoms with Crippen molar-refractivity contribution >= 4 is 51.2 Å². The molecule has 5 rings (SSSR count). The third-order valence-corrected chi connectivity index (χ3v) is 9.18. The lowest BCUT2D eigenvalue weighted by molar-refractivity contribution is -0.154. The summed E-state index contributed by atoms with van der Waals surface area (Å²) in [5, 5.41) is 6.52. The molecule has 2 aliphatic rings. The number of sulfonamides is 1. The summed E-state index contributed by atoms with van der Waals surface area (Å²) in [5.41, 5.74) is -1.59. The first kappa shape index (κ1) is 34.9. The molecule has 18 heteroatoms. The highest BCUT2D eigenvalue weighted by atomic mass is 35.5. The minimum atomic E-state index is -4.64. The molecular weight excluding hydrogens is 679 g/mol. The van der Waals surface area contributed by atoms with E-state index in [1.165, 1.54) is 31.3 Å². The Labute approximate surface area is 279 Å². The summed E-state index contributed by atoms with van der Waals surface area (Å²) in [4.78, 5) is 38.7. The molecule has 0 bridgehead atoms. The highest BCUT2D eigenvalue weighted by molar-refractivity contribution is 7.90. The van der Waals surface area contributed by atoms with Crippen molar-refractivity contribution in [3.63, 3.8) is 0 Å². The number of carbonyl (C=O) groups excluding carboxylic acids is 2. The average Bonchev–Trinajstić information content (AvgIpc) is 3.91. The number of likely N-dealkylation sites (N-methyl/N-ethyl adjacent to an activating group) is 1. The lowest BCUT2D eigenvalue weighted by Crippen LogP contribution is -2.52. The van der Waals surface area contributed by atoms with Gasteiger partial charge >= 0.3 is 18.3 Å². The molecule has 0 spiro atoms. The van der Waals surface area contributed by atoms with Gasteiger partial charge in [-0.25, -0.2) is 17.9 Å². The molecule has 0 unspecified atom stereocenters. The van der Waals surface area contributed by atoms with Crippen molar-refractivity contribution in [3.8, 4) is 6.01 Å². The van der Waals surface area contributed by atoms with Gasteiger partial charge in [0.2, 0.25) is 11.9 Å². The van der Waals surface area contributed by atoms with E-state index in [0.717, 1.165) is 10.5 Å². The van der Waals surface area contributed by atoms with Gasteiger partial charge in [-0.05, 0) is 88.4 Å². The first-order valence-electron chi connectivity index (χ1n) is 14.7. The predicted molar refractivity (Wildman–Crippen MR) is 168 cm³/mol. The van der Waals surface area contributed by atoms with E-state index >= 15 is 0 Å². The van der Waals surface area contributed by atoms with E-state index in [-0.39, 0.29) is 35.3 Å². The van der Waals surface area contributed by atoms with Gasteiger partial charge in [0.1, 0.15) is 11.1 Å². The van der Waals surface area contributed by atoms with E-state index in [2.05, 4.69) is 25.6 Å². The number of anilines is 3. The number of amides is 2. The Morgan fingerprint density at radius 3 is 2.08 bits per heavy atom. The fraction of sp³-hybridized carbons (Fsp3) is 0.433. The molecule has 0 atom stereocenters. The van der Waals surface area contributed by atoms with E-state index < -0.39 is 57.5 Å². The van der Waals surface area contributed by atoms with Crippen LogP contribution in [0.25, 0.3) is 0 Å². The maximum Gasteiger partial charge on any atom is 0.422 e. The predicted octanol–water partition coefficient (Wildman–Crippen LogP) is 5.52. The fourth-order valence-corrected chi connectivity index (χ4v) is 5.91. The Balaban J connectivity index is 1.30. The number of ether oxygens (including phenoxy) is 2. The van der Waals surface area contributed by atoms with E-state index in [1.807, 2.05) is 16.9 Å². The number of benzene rings is 2. The number of nitrogens with one attached hydrogen (secondary N) is 3. The van der Waals surface area contributed by atoms with Crippen LogP contribution in [0.15, 0.2) is 53.4 Å². The van der Waals surface area contributed by atoms with Crippen LogP contribution in [0.5, 0.6) is 6.01 Å². The van der Waals surface area contributed by atoms with Crippen LogP contribution in [-0.4, -0.2) is 71.2 Å². The van der Waals surface area contributed by atoms with Crippen LogP contribution in [0.3, 0.4) is 0 Å². The van der Waals surface area contributed by atoms with Crippen LogP contribution < -0.4 is 20.1 Å². The normalized spacial score (nSPS) is 16.3. The van der Waals surface area contributed by atoms with Gasteiger partial charge in [0.25, 0.3) is 15.9 Å². The minimum absolute atomic E-state index is 0.0515. The monoisotopic (exact) mass is 711 g/mol. The minimum Gasteiger partial charge on any atom is -0.454 e. The molecule has 1 aromatic heterocycles. The van der Waals surface area contributed by atoms with Crippen LogP contribution >= 0.6 is 11.6 Å². The highest BCUT2D eigenvalue weighted by Gasteiger charge is 2.57.